The summed E-state index contributed by atoms with van der Waals surface area (Å²) in [6.45, 7) is 1.50. The molecule has 1 saturated carbocycles. The number of aromatic nitrogens is 5. The Bertz CT molecular complexity index is 1400. The van der Waals surface area contributed by atoms with Gasteiger partial charge < -0.3 is 0 Å². The Morgan fingerprint density at radius 2 is 1.74 bits per heavy atom. The molecule has 0 unspecified atom stereocenters. The molecule has 0 spiro atoms. The number of hydrogen-bond donors (Lipinski definition) is 0. The lowest BCUT2D eigenvalue weighted by molar-refractivity contribution is -0.138. The third-order valence-corrected chi connectivity index (χ3v) is 6.37. The molecule has 0 N–H and O–H groups in total. The molecule has 5 rings (SSSR count). The molecule has 0 amide bonds. The highest BCUT2D eigenvalue weighted by atomic mass is 19.4. The van der Waals surface area contributed by atoms with Crippen LogP contribution in [-0.2, 0) is 12.7 Å². The Morgan fingerprint density at radius 1 is 0.947 bits per heavy atom. The lowest BCUT2D eigenvalue weighted by Gasteiger charge is -2.22. The Morgan fingerprint density at radius 3 is 2.37 bits per heavy atom. The van der Waals surface area contributed by atoms with Gasteiger partial charge in [-0.25, -0.2) is 19.0 Å². The maximum absolute atomic E-state index is 13.4. The van der Waals surface area contributed by atoms with Crippen LogP contribution in [0.3, 0.4) is 0 Å². The van der Waals surface area contributed by atoms with E-state index in [4.69, 9.17) is 0 Å². The van der Waals surface area contributed by atoms with Gasteiger partial charge in [-0.3, -0.25) is 9.78 Å². The number of alkyl halides is 3. The number of halogens is 4. The monoisotopic (exact) mass is 525 g/mol. The van der Waals surface area contributed by atoms with Crippen LogP contribution < -0.4 is 5.56 Å². The normalized spacial score (nSPS) is 14.0. The summed E-state index contributed by atoms with van der Waals surface area (Å²) in [6.07, 6.45) is 4.56. The zero-order valence-corrected chi connectivity index (χ0v) is 20.8. The fourth-order valence-corrected chi connectivity index (χ4v) is 4.51. The molecule has 3 aromatic heterocycles. The Balaban J connectivity index is 0.000000360. The summed E-state index contributed by atoms with van der Waals surface area (Å²) in [7, 11) is 0. The molecule has 0 radical (unpaired) electrons. The highest BCUT2D eigenvalue weighted by Crippen LogP contribution is 2.33. The maximum atomic E-state index is 13.4. The molecule has 0 bridgehead atoms. The van der Waals surface area contributed by atoms with E-state index in [0.717, 1.165) is 48.4 Å². The lowest BCUT2D eigenvalue weighted by atomic mass is 9.84. The molecule has 3 heterocycles. The van der Waals surface area contributed by atoms with Crippen LogP contribution >= 0.6 is 0 Å². The quantitative estimate of drug-likeness (QED) is 0.291. The van der Waals surface area contributed by atoms with Gasteiger partial charge in [0.1, 0.15) is 17.8 Å². The molecule has 0 aliphatic heterocycles. The van der Waals surface area contributed by atoms with Gasteiger partial charge in [0.15, 0.2) is 0 Å². The van der Waals surface area contributed by atoms with E-state index in [-0.39, 0.29) is 29.5 Å². The van der Waals surface area contributed by atoms with E-state index in [1.807, 2.05) is 13.0 Å². The van der Waals surface area contributed by atoms with Crippen LogP contribution in [0.25, 0.3) is 11.4 Å². The predicted octanol–water partition coefficient (Wildman–Crippen LogP) is 6.34. The van der Waals surface area contributed by atoms with Gasteiger partial charge in [-0.2, -0.15) is 18.3 Å². The molecule has 38 heavy (non-hydrogen) atoms. The highest BCUT2D eigenvalue weighted by Gasteiger charge is 2.34. The van der Waals surface area contributed by atoms with Crippen molar-refractivity contribution in [1.82, 2.24) is 24.7 Å². The van der Waals surface area contributed by atoms with Gasteiger partial charge in [0.2, 0.25) is 0 Å². The van der Waals surface area contributed by atoms with E-state index in [1.165, 1.54) is 30.7 Å². The first kappa shape index (κ1) is 27.1. The van der Waals surface area contributed by atoms with Crippen LogP contribution in [0, 0.1) is 12.7 Å². The standard InChI is InChI=1S/C21H20F3N5O.C7H7F/c22-21(23,24)16-7-4-9-26-19(16)12-29-20(30)15(14-5-2-1-3-6-14)11-18(28-29)17-8-10-25-13-27-17;1-6-3-2-4-7(8)5-6/h4,7-11,13-14H,1-3,5-6,12H2;2-5H,1H3. The van der Waals surface area contributed by atoms with Crippen LogP contribution in [0.15, 0.2) is 72.0 Å². The largest absolute Gasteiger partial charge is 0.418 e. The molecular weight excluding hydrogens is 498 g/mol. The lowest BCUT2D eigenvalue weighted by Crippen LogP contribution is -2.30. The van der Waals surface area contributed by atoms with Crippen molar-refractivity contribution in [2.75, 3.05) is 0 Å². The first-order valence-corrected chi connectivity index (χ1v) is 12.3. The zero-order chi connectivity index (χ0) is 27.1. The Hall–Kier alpha value is -3.95. The molecule has 1 aliphatic carbocycles. The van der Waals surface area contributed by atoms with Gasteiger partial charge in [0.25, 0.3) is 5.56 Å². The molecule has 1 fully saturated rings. The number of hydrogen-bond acceptors (Lipinski definition) is 5. The van der Waals surface area contributed by atoms with Crippen molar-refractivity contribution in [3.05, 3.63) is 106 Å². The minimum absolute atomic E-state index is 0.0620. The van der Waals surface area contributed by atoms with Crippen molar-refractivity contribution in [3.8, 4) is 11.4 Å². The summed E-state index contributed by atoms with van der Waals surface area (Å²) in [4.78, 5) is 25.1. The van der Waals surface area contributed by atoms with E-state index in [2.05, 4.69) is 20.1 Å². The molecule has 198 valence electrons. The number of pyridine rings is 1. The van der Waals surface area contributed by atoms with E-state index >= 15 is 0 Å². The van der Waals surface area contributed by atoms with Crippen molar-refractivity contribution < 1.29 is 17.6 Å². The van der Waals surface area contributed by atoms with E-state index in [0.29, 0.717) is 17.0 Å². The van der Waals surface area contributed by atoms with Gasteiger partial charge in [-0.1, -0.05) is 31.4 Å². The van der Waals surface area contributed by atoms with Crippen LogP contribution in [0.2, 0.25) is 0 Å². The van der Waals surface area contributed by atoms with Crippen molar-refractivity contribution in [1.29, 1.82) is 0 Å². The number of rotatable bonds is 4. The molecule has 4 aromatic rings. The first-order chi connectivity index (χ1) is 18.2. The van der Waals surface area contributed by atoms with Crippen LogP contribution in [0.1, 0.15) is 60.4 Å². The number of aryl methyl sites for hydroxylation is 1. The minimum atomic E-state index is -4.57. The summed E-state index contributed by atoms with van der Waals surface area (Å²) in [6, 6.07) is 12.1. The van der Waals surface area contributed by atoms with Crippen LogP contribution in [0.4, 0.5) is 17.6 Å². The second-order valence-corrected chi connectivity index (χ2v) is 9.17. The second kappa shape index (κ2) is 12.1. The first-order valence-electron chi connectivity index (χ1n) is 12.3. The van der Waals surface area contributed by atoms with E-state index in [1.54, 1.807) is 24.4 Å². The summed E-state index contributed by atoms with van der Waals surface area (Å²) in [5.41, 5.74) is 0.987. The van der Waals surface area contributed by atoms with E-state index in [9.17, 15) is 22.4 Å². The molecule has 1 aliphatic rings. The Kier molecular flexibility index (Phi) is 8.60. The average Bonchev–Trinajstić information content (AvgIpc) is 2.91. The van der Waals surface area contributed by atoms with Gasteiger partial charge in [0, 0.05) is 18.0 Å². The molecule has 0 atom stereocenters. The topological polar surface area (TPSA) is 73.6 Å². The predicted molar refractivity (Wildman–Crippen MR) is 135 cm³/mol. The minimum Gasteiger partial charge on any atom is -0.267 e. The fraction of sp³-hybridized carbons (Fsp3) is 0.321. The molecular formula is C28H27F4N5O. The third-order valence-electron chi connectivity index (χ3n) is 6.37. The Labute approximate surface area is 217 Å². The number of nitrogens with zero attached hydrogens (tertiary/aromatic N) is 5. The maximum Gasteiger partial charge on any atom is 0.418 e. The fourth-order valence-electron chi connectivity index (χ4n) is 4.51. The summed E-state index contributed by atoms with van der Waals surface area (Å²) in [5, 5.41) is 4.32. The van der Waals surface area contributed by atoms with Crippen molar-refractivity contribution in [3.63, 3.8) is 0 Å². The van der Waals surface area contributed by atoms with Gasteiger partial charge in [0.05, 0.1) is 23.5 Å². The highest BCUT2D eigenvalue weighted by molar-refractivity contribution is 5.53. The zero-order valence-electron chi connectivity index (χ0n) is 20.8. The molecule has 1 aromatic carbocycles. The van der Waals surface area contributed by atoms with Gasteiger partial charge in [-0.15, -0.1) is 0 Å². The van der Waals surface area contributed by atoms with Gasteiger partial charge in [-0.05, 0) is 67.6 Å². The van der Waals surface area contributed by atoms with Crippen molar-refractivity contribution >= 4 is 0 Å². The average molecular weight is 526 g/mol. The second-order valence-electron chi connectivity index (χ2n) is 9.17. The number of benzene rings is 1. The summed E-state index contributed by atoms with van der Waals surface area (Å²) < 4.78 is 53.5. The molecule has 10 heteroatoms. The smallest absolute Gasteiger partial charge is 0.267 e. The summed E-state index contributed by atoms with van der Waals surface area (Å²) in [5.74, 6) is -0.100. The third kappa shape index (κ3) is 6.87. The van der Waals surface area contributed by atoms with Crippen LogP contribution in [-0.4, -0.2) is 24.7 Å². The summed E-state index contributed by atoms with van der Waals surface area (Å²) >= 11 is 0. The van der Waals surface area contributed by atoms with E-state index < -0.39 is 11.7 Å². The molecule has 0 saturated heterocycles. The van der Waals surface area contributed by atoms with Crippen LogP contribution in [0.5, 0.6) is 0 Å². The molecule has 6 nitrogen and oxygen atoms in total. The van der Waals surface area contributed by atoms with Crippen molar-refractivity contribution in [2.24, 2.45) is 0 Å². The van der Waals surface area contributed by atoms with Crippen molar-refractivity contribution in [2.45, 2.75) is 57.7 Å². The van der Waals surface area contributed by atoms with Gasteiger partial charge >= 0.3 is 6.18 Å². The SMILES string of the molecule is Cc1cccc(F)c1.O=c1c(C2CCCCC2)cc(-c2ccncn2)nn1Cc1ncccc1C(F)(F)F.